The van der Waals surface area contributed by atoms with Gasteiger partial charge in [-0.1, -0.05) is 22.8 Å². The lowest BCUT2D eigenvalue weighted by molar-refractivity contribution is 0.243. The van der Waals surface area contributed by atoms with Crippen LogP contribution >= 0.6 is 11.6 Å². The van der Waals surface area contributed by atoms with Gasteiger partial charge in [-0.15, -0.1) is 0 Å². The van der Waals surface area contributed by atoms with Crippen molar-refractivity contribution in [2.24, 2.45) is 5.11 Å². The molecule has 1 aromatic rings. The third kappa shape index (κ3) is 2.55. The molecule has 0 bridgehead atoms. The lowest BCUT2D eigenvalue weighted by Crippen LogP contribution is -2.05. The zero-order valence-electron chi connectivity index (χ0n) is 7.94. The van der Waals surface area contributed by atoms with Crippen molar-refractivity contribution < 1.29 is 4.74 Å². The van der Waals surface area contributed by atoms with Crippen LogP contribution in [-0.4, -0.2) is 6.10 Å². The summed E-state index contributed by atoms with van der Waals surface area (Å²) in [5.41, 5.74) is 8.74. The molecule has 1 rings (SSSR count). The minimum atomic E-state index is -0.0115. The SMILES string of the molecule is CC(C)Oc1c(Cl)cccc1N=[N+]=[N-]. The number of nitrogens with zero attached hydrogens (tertiary/aromatic N) is 3. The standard InChI is InChI=1S/C9H10ClN3O/c1-6(2)14-9-7(10)4-3-5-8(9)12-13-11/h3-6H,1-2H3. The number of rotatable bonds is 3. The fourth-order valence-corrected chi connectivity index (χ4v) is 1.19. The van der Waals surface area contributed by atoms with E-state index in [1.807, 2.05) is 13.8 Å². The molecule has 0 amide bonds. The Morgan fingerprint density at radius 2 is 2.21 bits per heavy atom. The molecule has 5 heteroatoms. The van der Waals surface area contributed by atoms with Crippen LogP contribution in [-0.2, 0) is 0 Å². The van der Waals surface area contributed by atoms with E-state index in [2.05, 4.69) is 10.0 Å². The molecule has 0 unspecified atom stereocenters. The number of halogens is 1. The number of azide groups is 1. The molecule has 0 saturated heterocycles. The zero-order valence-corrected chi connectivity index (χ0v) is 8.69. The summed E-state index contributed by atoms with van der Waals surface area (Å²) >= 11 is 5.90. The van der Waals surface area contributed by atoms with Gasteiger partial charge in [-0.25, -0.2) is 0 Å². The fourth-order valence-electron chi connectivity index (χ4n) is 0.977. The van der Waals surface area contributed by atoms with Gasteiger partial charge in [0, 0.05) is 4.91 Å². The Hall–Kier alpha value is -1.38. The Balaban J connectivity index is 3.14. The second-order valence-corrected chi connectivity index (χ2v) is 3.35. The van der Waals surface area contributed by atoms with Crippen molar-refractivity contribution in [2.45, 2.75) is 20.0 Å². The molecule has 0 aromatic heterocycles. The van der Waals surface area contributed by atoms with Gasteiger partial charge in [0.2, 0.25) is 0 Å². The Kier molecular flexibility index (Phi) is 3.63. The number of hydrogen-bond donors (Lipinski definition) is 0. The third-order valence-corrected chi connectivity index (χ3v) is 1.75. The van der Waals surface area contributed by atoms with Crippen LogP contribution in [0.25, 0.3) is 10.4 Å². The van der Waals surface area contributed by atoms with Crippen LogP contribution < -0.4 is 4.74 Å². The smallest absolute Gasteiger partial charge is 0.147 e. The van der Waals surface area contributed by atoms with Crippen LogP contribution in [0.3, 0.4) is 0 Å². The Labute approximate surface area is 87.1 Å². The summed E-state index contributed by atoms with van der Waals surface area (Å²) in [6.07, 6.45) is -0.0115. The molecule has 0 aliphatic heterocycles. The van der Waals surface area contributed by atoms with Crippen molar-refractivity contribution in [3.63, 3.8) is 0 Å². The predicted octanol–water partition coefficient (Wildman–Crippen LogP) is 4.07. The molecular weight excluding hydrogens is 202 g/mol. The maximum atomic E-state index is 8.33. The Bertz CT molecular complexity index is 372. The number of para-hydroxylation sites is 1. The minimum Gasteiger partial charge on any atom is -0.489 e. The summed E-state index contributed by atoms with van der Waals surface area (Å²) in [4.78, 5) is 2.70. The average Bonchev–Trinajstić information content (AvgIpc) is 2.11. The first kappa shape index (κ1) is 10.7. The summed E-state index contributed by atoms with van der Waals surface area (Å²) in [5.74, 6) is 0.432. The van der Waals surface area contributed by atoms with Gasteiger partial charge in [-0.2, -0.15) is 0 Å². The second-order valence-electron chi connectivity index (χ2n) is 2.94. The van der Waals surface area contributed by atoms with Gasteiger partial charge in [0.1, 0.15) is 5.75 Å². The monoisotopic (exact) mass is 211 g/mol. The van der Waals surface area contributed by atoms with Gasteiger partial charge in [-0.05, 0) is 31.5 Å². The van der Waals surface area contributed by atoms with Crippen LogP contribution in [0.2, 0.25) is 5.02 Å². The van der Waals surface area contributed by atoms with Crippen molar-refractivity contribution in [1.29, 1.82) is 0 Å². The van der Waals surface area contributed by atoms with Gasteiger partial charge in [-0.3, -0.25) is 0 Å². The van der Waals surface area contributed by atoms with E-state index in [1.54, 1.807) is 18.2 Å². The highest BCUT2D eigenvalue weighted by Gasteiger charge is 2.08. The molecule has 0 saturated carbocycles. The van der Waals surface area contributed by atoms with E-state index in [-0.39, 0.29) is 6.10 Å². The summed E-state index contributed by atoms with van der Waals surface area (Å²) < 4.78 is 5.43. The maximum absolute atomic E-state index is 8.33. The van der Waals surface area contributed by atoms with E-state index in [1.165, 1.54) is 0 Å². The molecule has 0 aliphatic rings. The van der Waals surface area contributed by atoms with E-state index in [0.29, 0.717) is 16.5 Å². The molecule has 0 atom stereocenters. The van der Waals surface area contributed by atoms with Gasteiger partial charge < -0.3 is 4.74 Å². The van der Waals surface area contributed by atoms with Crippen LogP contribution in [0.5, 0.6) is 5.75 Å². The summed E-state index contributed by atoms with van der Waals surface area (Å²) in [5, 5.41) is 3.94. The van der Waals surface area contributed by atoms with E-state index in [4.69, 9.17) is 21.9 Å². The van der Waals surface area contributed by atoms with Gasteiger partial charge >= 0.3 is 0 Å². The molecule has 4 nitrogen and oxygen atoms in total. The first-order chi connectivity index (χ1) is 6.65. The van der Waals surface area contributed by atoms with Crippen molar-refractivity contribution in [2.75, 3.05) is 0 Å². The fraction of sp³-hybridized carbons (Fsp3) is 0.333. The number of ether oxygens (including phenoxy) is 1. The van der Waals surface area contributed by atoms with Crippen LogP contribution in [0.1, 0.15) is 13.8 Å². The largest absolute Gasteiger partial charge is 0.489 e. The van der Waals surface area contributed by atoms with Crippen molar-refractivity contribution in [3.8, 4) is 5.75 Å². The third-order valence-electron chi connectivity index (χ3n) is 1.45. The minimum absolute atomic E-state index is 0.0115. The maximum Gasteiger partial charge on any atom is 0.147 e. The summed E-state index contributed by atoms with van der Waals surface area (Å²) in [6.45, 7) is 3.76. The lowest BCUT2D eigenvalue weighted by atomic mass is 10.3. The van der Waals surface area contributed by atoms with Crippen LogP contribution in [0.15, 0.2) is 23.3 Å². The van der Waals surface area contributed by atoms with Crippen molar-refractivity contribution in [3.05, 3.63) is 33.7 Å². The average molecular weight is 212 g/mol. The van der Waals surface area contributed by atoms with Gasteiger partial charge in [0.25, 0.3) is 0 Å². The van der Waals surface area contributed by atoms with Crippen molar-refractivity contribution >= 4 is 17.3 Å². The quantitative estimate of drug-likeness (QED) is 0.422. The molecule has 0 radical (unpaired) electrons. The highest BCUT2D eigenvalue weighted by Crippen LogP contribution is 2.35. The molecule has 0 aliphatic carbocycles. The topological polar surface area (TPSA) is 58.0 Å². The summed E-state index contributed by atoms with van der Waals surface area (Å²) in [6, 6.07) is 5.05. The Morgan fingerprint density at radius 1 is 1.50 bits per heavy atom. The zero-order chi connectivity index (χ0) is 10.6. The molecule has 0 heterocycles. The normalized spacial score (nSPS) is 9.71. The first-order valence-electron chi connectivity index (χ1n) is 4.15. The van der Waals surface area contributed by atoms with Gasteiger partial charge in [0.15, 0.2) is 0 Å². The van der Waals surface area contributed by atoms with E-state index < -0.39 is 0 Å². The molecule has 1 aromatic carbocycles. The van der Waals surface area contributed by atoms with E-state index in [9.17, 15) is 0 Å². The molecule has 14 heavy (non-hydrogen) atoms. The molecule has 74 valence electrons. The number of hydrogen-bond acceptors (Lipinski definition) is 2. The van der Waals surface area contributed by atoms with Crippen LogP contribution in [0, 0.1) is 0 Å². The first-order valence-corrected chi connectivity index (χ1v) is 4.53. The van der Waals surface area contributed by atoms with Crippen molar-refractivity contribution in [1.82, 2.24) is 0 Å². The van der Waals surface area contributed by atoms with Crippen LogP contribution in [0.4, 0.5) is 5.69 Å². The second kappa shape index (κ2) is 4.74. The number of benzene rings is 1. The predicted molar refractivity (Wildman–Crippen MR) is 56.0 cm³/mol. The highest BCUT2D eigenvalue weighted by atomic mass is 35.5. The lowest BCUT2D eigenvalue weighted by Gasteiger charge is -2.12. The molecule has 0 fully saturated rings. The Morgan fingerprint density at radius 3 is 2.79 bits per heavy atom. The van der Waals surface area contributed by atoms with E-state index >= 15 is 0 Å². The highest BCUT2D eigenvalue weighted by molar-refractivity contribution is 6.32. The molecular formula is C9H10ClN3O. The molecule has 0 N–H and O–H groups in total. The van der Waals surface area contributed by atoms with Gasteiger partial charge in [0.05, 0.1) is 16.8 Å². The molecule has 0 spiro atoms. The summed E-state index contributed by atoms with van der Waals surface area (Å²) in [7, 11) is 0. The van der Waals surface area contributed by atoms with E-state index in [0.717, 1.165) is 0 Å².